The molecule has 18 heavy (non-hydrogen) atoms. The van der Waals surface area contributed by atoms with E-state index in [2.05, 4.69) is 0 Å². The Morgan fingerprint density at radius 3 is 2.67 bits per heavy atom. The predicted octanol–water partition coefficient (Wildman–Crippen LogP) is 0.0110. The van der Waals surface area contributed by atoms with E-state index in [9.17, 15) is 9.59 Å². The van der Waals surface area contributed by atoms with E-state index >= 15 is 0 Å². The van der Waals surface area contributed by atoms with E-state index in [0.717, 1.165) is 0 Å². The molecule has 1 aliphatic rings. The van der Waals surface area contributed by atoms with Gasteiger partial charge in [0.25, 0.3) is 0 Å². The summed E-state index contributed by atoms with van der Waals surface area (Å²) in [5.41, 5.74) is 0. The predicted molar refractivity (Wildman–Crippen MR) is 64.6 cm³/mol. The average molecular weight is 253 g/mol. The van der Waals surface area contributed by atoms with Gasteiger partial charge in [-0.2, -0.15) is 5.26 Å². The van der Waals surface area contributed by atoms with E-state index < -0.39 is 5.97 Å². The summed E-state index contributed by atoms with van der Waals surface area (Å²) in [7, 11) is 1.66. The molecule has 1 N–H and O–H groups in total. The van der Waals surface area contributed by atoms with Gasteiger partial charge in [0.2, 0.25) is 5.91 Å². The van der Waals surface area contributed by atoms with Crippen LogP contribution in [0, 0.1) is 23.2 Å². The van der Waals surface area contributed by atoms with Gasteiger partial charge in [0.05, 0.1) is 25.0 Å². The highest BCUT2D eigenvalue weighted by Crippen LogP contribution is 2.22. The second-order valence-electron chi connectivity index (χ2n) is 4.84. The number of hydrogen-bond acceptors (Lipinski definition) is 4. The Balaban J connectivity index is 2.43. The van der Waals surface area contributed by atoms with Crippen LogP contribution < -0.4 is 0 Å². The van der Waals surface area contributed by atoms with Crippen molar-refractivity contribution in [1.82, 2.24) is 9.80 Å². The van der Waals surface area contributed by atoms with Gasteiger partial charge in [-0.25, -0.2) is 0 Å². The molecule has 100 valence electrons. The molecule has 1 rings (SSSR count). The summed E-state index contributed by atoms with van der Waals surface area (Å²) in [6.07, 6.45) is 0.316. The van der Waals surface area contributed by atoms with Crippen LogP contribution in [0.3, 0.4) is 0 Å². The molecule has 6 heteroatoms. The van der Waals surface area contributed by atoms with E-state index in [1.54, 1.807) is 7.05 Å². The van der Waals surface area contributed by atoms with Gasteiger partial charge in [-0.1, -0.05) is 6.92 Å². The fourth-order valence-electron chi connectivity index (χ4n) is 2.17. The minimum atomic E-state index is -0.796. The maximum absolute atomic E-state index is 11.8. The molecule has 2 unspecified atom stereocenters. The second kappa shape index (κ2) is 6.36. The standard InChI is InChI=1S/C12H19N3O3/c1-9-6-15(7-10(9)12(17)18)8-11(16)14(2)5-3-4-13/h9-10H,3,5-8H2,1-2H3,(H,17,18). The lowest BCUT2D eigenvalue weighted by Gasteiger charge is -2.20. The number of aliphatic carboxylic acids is 1. The van der Waals surface area contributed by atoms with Crippen LogP contribution in [0.25, 0.3) is 0 Å². The fourth-order valence-corrected chi connectivity index (χ4v) is 2.17. The fraction of sp³-hybridized carbons (Fsp3) is 0.750. The van der Waals surface area contributed by atoms with Crippen LogP contribution in [0.2, 0.25) is 0 Å². The third-order valence-electron chi connectivity index (χ3n) is 3.35. The van der Waals surface area contributed by atoms with Crippen LogP contribution in [-0.4, -0.2) is 60.0 Å². The van der Waals surface area contributed by atoms with Crippen molar-refractivity contribution in [3.8, 4) is 6.07 Å². The summed E-state index contributed by atoms with van der Waals surface area (Å²) < 4.78 is 0. The molecule has 0 radical (unpaired) electrons. The van der Waals surface area contributed by atoms with Gasteiger partial charge in [0, 0.05) is 26.7 Å². The molecular formula is C12H19N3O3. The van der Waals surface area contributed by atoms with Crippen LogP contribution >= 0.6 is 0 Å². The van der Waals surface area contributed by atoms with Crippen molar-refractivity contribution in [2.45, 2.75) is 13.3 Å². The minimum Gasteiger partial charge on any atom is -0.481 e. The number of nitriles is 1. The first-order valence-electron chi connectivity index (χ1n) is 6.01. The van der Waals surface area contributed by atoms with E-state index in [1.165, 1.54) is 4.90 Å². The van der Waals surface area contributed by atoms with Crippen molar-refractivity contribution in [3.05, 3.63) is 0 Å². The highest BCUT2D eigenvalue weighted by molar-refractivity contribution is 5.78. The summed E-state index contributed by atoms with van der Waals surface area (Å²) in [5.74, 6) is -1.18. The third-order valence-corrected chi connectivity index (χ3v) is 3.35. The lowest BCUT2D eigenvalue weighted by Crippen LogP contribution is -2.38. The smallest absolute Gasteiger partial charge is 0.308 e. The molecule has 0 aliphatic carbocycles. The second-order valence-corrected chi connectivity index (χ2v) is 4.84. The average Bonchev–Trinajstić information content (AvgIpc) is 2.67. The van der Waals surface area contributed by atoms with Gasteiger partial charge in [0.15, 0.2) is 0 Å². The third kappa shape index (κ3) is 3.70. The van der Waals surface area contributed by atoms with Crippen molar-refractivity contribution >= 4 is 11.9 Å². The maximum atomic E-state index is 11.8. The molecule has 0 aromatic carbocycles. The van der Waals surface area contributed by atoms with Crippen molar-refractivity contribution < 1.29 is 14.7 Å². The van der Waals surface area contributed by atoms with E-state index in [1.807, 2.05) is 17.9 Å². The van der Waals surface area contributed by atoms with Gasteiger partial charge in [0.1, 0.15) is 0 Å². The topological polar surface area (TPSA) is 84.6 Å². The number of likely N-dealkylation sites (N-methyl/N-ethyl adjacent to an activating group) is 1. The molecule has 0 aromatic heterocycles. The normalized spacial score (nSPS) is 23.6. The zero-order chi connectivity index (χ0) is 13.7. The maximum Gasteiger partial charge on any atom is 0.308 e. The van der Waals surface area contributed by atoms with Crippen LogP contribution in [0.1, 0.15) is 13.3 Å². The SMILES string of the molecule is CC1CN(CC(=O)N(C)CCC#N)CC1C(=O)O. The zero-order valence-electron chi connectivity index (χ0n) is 10.8. The number of carbonyl (C=O) groups is 2. The van der Waals surface area contributed by atoms with Crippen molar-refractivity contribution in [2.75, 3.05) is 33.2 Å². The number of likely N-dealkylation sites (tertiary alicyclic amines) is 1. The molecule has 1 aliphatic heterocycles. The van der Waals surface area contributed by atoms with E-state index in [-0.39, 0.29) is 24.3 Å². The van der Waals surface area contributed by atoms with Crippen molar-refractivity contribution in [1.29, 1.82) is 5.26 Å². The molecule has 1 fully saturated rings. The lowest BCUT2D eigenvalue weighted by atomic mass is 9.99. The molecular weight excluding hydrogens is 234 g/mol. The van der Waals surface area contributed by atoms with Crippen LogP contribution in [-0.2, 0) is 9.59 Å². The molecule has 0 spiro atoms. The number of carbonyl (C=O) groups excluding carboxylic acids is 1. The number of nitrogens with zero attached hydrogens (tertiary/aromatic N) is 3. The largest absolute Gasteiger partial charge is 0.481 e. The highest BCUT2D eigenvalue weighted by Gasteiger charge is 2.35. The first-order chi connectivity index (χ1) is 8.45. The van der Waals surface area contributed by atoms with E-state index in [0.29, 0.717) is 26.1 Å². The lowest BCUT2D eigenvalue weighted by molar-refractivity contribution is -0.142. The monoisotopic (exact) mass is 253 g/mol. The molecule has 1 amide bonds. The van der Waals surface area contributed by atoms with Gasteiger partial charge < -0.3 is 10.0 Å². The van der Waals surface area contributed by atoms with E-state index in [4.69, 9.17) is 10.4 Å². The van der Waals surface area contributed by atoms with Gasteiger partial charge in [-0.15, -0.1) is 0 Å². The highest BCUT2D eigenvalue weighted by atomic mass is 16.4. The molecule has 0 aromatic rings. The Hall–Kier alpha value is -1.61. The molecule has 6 nitrogen and oxygen atoms in total. The first kappa shape index (κ1) is 14.5. The number of rotatable bonds is 5. The number of carboxylic acid groups (broad SMARTS) is 1. The molecule has 0 saturated carbocycles. The van der Waals surface area contributed by atoms with Crippen molar-refractivity contribution in [3.63, 3.8) is 0 Å². The number of hydrogen-bond donors (Lipinski definition) is 1. The summed E-state index contributed by atoms with van der Waals surface area (Å²) in [6.45, 7) is 3.60. The number of amides is 1. The minimum absolute atomic E-state index is 0.0662. The summed E-state index contributed by atoms with van der Waals surface area (Å²) in [4.78, 5) is 26.2. The van der Waals surface area contributed by atoms with Crippen LogP contribution in [0.5, 0.6) is 0 Å². The first-order valence-corrected chi connectivity index (χ1v) is 6.01. The summed E-state index contributed by atoms with van der Waals surface area (Å²) >= 11 is 0. The van der Waals surface area contributed by atoms with Crippen LogP contribution in [0.4, 0.5) is 0 Å². The van der Waals surface area contributed by atoms with Gasteiger partial charge in [-0.3, -0.25) is 14.5 Å². The molecule has 0 bridgehead atoms. The number of carboxylic acids is 1. The Bertz CT molecular complexity index is 364. The Morgan fingerprint density at radius 1 is 1.50 bits per heavy atom. The molecule has 2 atom stereocenters. The van der Waals surface area contributed by atoms with Gasteiger partial charge in [-0.05, 0) is 5.92 Å². The quantitative estimate of drug-likeness (QED) is 0.746. The summed E-state index contributed by atoms with van der Waals surface area (Å²) in [6, 6.07) is 1.99. The van der Waals surface area contributed by atoms with Gasteiger partial charge >= 0.3 is 5.97 Å². The zero-order valence-corrected chi connectivity index (χ0v) is 10.8. The Kier molecular flexibility index (Phi) is 5.10. The Morgan fingerprint density at radius 2 is 2.17 bits per heavy atom. The molecule has 1 heterocycles. The van der Waals surface area contributed by atoms with Crippen LogP contribution in [0.15, 0.2) is 0 Å². The summed E-state index contributed by atoms with van der Waals surface area (Å²) in [5, 5.41) is 17.5. The Labute approximate surface area is 107 Å². The molecule has 1 saturated heterocycles. The van der Waals surface area contributed by atoms with Crippen molar-refractivity contribution in [2.24, 2.45) is 11.8 Å².